The molecule has 0 saturated carbocycles. The van der Waals surface area contributed by atoms with Crippen molar-refractivity contribution in [2.75, 3.05) is 47.9 Å². The molecule has 0 saturated heterocycles. The molecule has 0 amide bonds. The minimum absolute atomic E-state index is 0.194. The van der Waals surface area contributed by atoms with Gasteiger partial charge in [0.05, 0.1) is 19.7 Å². The van der Waals surface area contributed by atoms with E-state index in [1.807, 2.05) is 42.5 Å². The number of likely N-dealkylation sites (N-methyl/N-ethyl adjacent to an activating group) is 1. The van der Waals surface area contributed by atoms with Crippen LogP contribution in [-0.4, -0.2) is 58.8 Å². The van der Waals surface area contributed by atoms with Crippen molar-refractivity contribution in [3.8, 4) is 11.5 Å². The highest BCUT2D eigenvalue weighted by Gasteiger charge is 2.15. The van der Waals surface area contributed by atoms with Gasteiger partial charge in [-0.15, -0.1) is 0 Å². The monoisotopic (exact) mass is 370 g/mol. The minimum atomic E-state index is 0.194. The molecule has 0 spiro atoms. The Kier molecular flexibility index (Phi) is 8.45. The van der Waals surface area contributed by atoms with Crippen LogP contribution in [0.5, 0.6) is 11.5 Å². The lowest BCUT2D eigenvalue weighted by Crippen LogP contribution is -2.43. The fourth-order valence-electron chi connectivity index (χ4n) is 2.72. The van der Waals surface area contributed by atoms with Gasteiger partial charge in [0, 0.05) is 13.6 Å². The summed E-state index contributed by atoms with van der Waals surface area (Å²) in [5, 5.41) is 6.66. The van der Waals surface area contributed by atoms with E-state index in [0.717, 1.165) is 24.0 Å². The number of hydrogen-bond acceptors (Lipinski definition) is 4. The van der Waals surface area contributed by atoms with Gasteiger partial charge in [0.15, 0.2) is 5.96 Å². The zero-order valence-electron chi connectivity index (χ0n) is 16.6. The summed E-state index contributed by atoms with van der Waals surface area (Å²) in [5.74, 6) is 2.48. The maximum Gasteiger partial charge on any atom is 0.191 e. The van der Waals surface area contributed by atoms with Crippen LogP contribution in [0.15, 0.2) is 59.6 Å². The lowest BCUT2D eigenvalue weighted by atomic mass is 10.1. The summed E-state index contributed by atoms with van der Waals surface area (Å²) in [6.07, 6.45) is 0. The highest BCUT2D eigenvalue weighted by atomic mass is 16.5. The van der Waals surface area contributed by atoms with E-state index in [2.05, 4.69) is 46.8 Å². The highest BCUT2D eigenvalue weighted by molar-refractivity contribution is 5.79. The minimum Gasteiger partial charge on any atom is -0.497 e. The van der Waals surface area contributed by atoms with Crippen LogP contribution in [-0.2, 0) is 0 Å². The van der Waals surface area contributed by atoms with Gasteiger partial charge < -0.3 is 25.0 Å². The lowest BCUT2D eigenvalue weighted by Gasteiger charge is -2.26. The number of nitrogens with one attached hydrogen (secondary N) is 2. The second-order valence-corrected chi connectivity index (χ2v) is 6.30. The maximum atomic E-state index is 5.69. The van der Waals surface area contributed by atoms with Gasteiger partial charge in [0.25, 0.3) is 0 Å². The zero-order chi connectivity index (χ0) is 19.5. The Morgan fingerprint density at radius 3 is 2.44 bits per heavy atom. The summed E-state index contributed by atoms with van der Waals surface area (Å²) < 4.78 is 11.0. The van der Waals surface area contributed by atoms with Gasteiger partial charge in [-0.05, 0) is 43.9 Å². The molecule has 1 unspecified atom stereocenters. The number of para-hydroxylation sites is 1. The highest BCUT2D eigenvalue weighted by Crippen LogP contribution is 2.22. The fourth-order valence-corrected chi connectivity index (χ4v) is 2.72. The Bertz CT molecular complexity index is 704. The van der Waals surface area contributed by atoms with Gasteiger partial charge >= 0.3 is 0 Å². The average Bonchev–Trinajstić information content (AvgIpc) is 2.70. The first kappa shape index (κ1) is 20.6. The van der Waals surface area contributed by atoms with Crippen LogP contribution in [0.25, 0.3) is 0 Å². The average molecular weight is 370 g/mol. The molecule has 6 nitrogen and oxygen atoms in total. The van der Waals surface area contributed by atoms with Crippen molar-refractivity contribution in [3.63, 3.8) is 0 Å². The number of methoxy groups -OCH3 is 1. The molecule has 146 valence electrons. The van der Waals surface area contributed by atoms with E-state index in [1.165, 1.54) is 5.56 Å². The van der Waals surface area contributed by atoms with E-state index >= 15 is 0 Å². The Morgan fingerprint density at radius 1 is 1.04 bits per heavy atom. The molecule has 6 heteroatoms. The third-order valence-corrected chi connectivity index (χ3v) is 4.19. The summed E-state index contributed by atoms with van der Waals surface area (Å²) >= 11 is 0. The molecule has 0 fully saturated rings. The first-order chi connectivity index (χ1) is 13.1. The Labute approximate surface area is 162 Å². The molecule has 1 atom stereocenters. The number of guanidine groups is 1. The molecule has 0 heterocycles. The maximum absolute atomic E-state index is 5.69. The predicted octanol–water partition coefficient (Wildman–Crippen LogP) is 2.54. The van der Waals surface area contributed by atoms with Crippen LogP contribution >= 0.6 is 0 Å². The van der Waals surface area contributed by atoms with Gasteiger partial charge in [0.1, 0.15) is 18.1 Å². The van der Waals surface area contributed by atoms with Crippen molar-refractivity contribution in [3.05, 3.63) is 60.2 Å². The lowest BCUT2D eigenvalue weighted by molar-refractivity contribution is 0.296. The molecule has 0 radical (unpaired) electrons. The third kappa shape index (κ3) is 6.83. The number of benzene rings is 2. The SMILES string of the molecule is CN=C(NCCOc1ccccc1)NCC(c1cccc(OC)c1)N(C)C. The van der Waals surface area contributed by atoms with E-state index in [4.69, 9.17) is 9.47 Å². The first-order valence-electron chi connectivity index (χ1n) is 9.06. The van der Waals surface area contributed by atoms with Crippen molar-refractivity contribution in [2.45, 2.75) is 6.04 Å². The van der Waals surface area contributed by atoms with Gasteiger partial charge in [-0.3, -0.25) is 4.99 Å². The topological polar surface area (TPSA) is 58.1 Å². The van der Waals surface area contributed by atoms with E-state index in [9.17, 15) is 0 Å². The summed E-state index contributed by atoms with van der Waals surface area (Å²) in [6.45, 7) is 1.96. The quantitative estimate of drug-likeness (QED) is 0.404. The molecule has 0 aliphatic heterocycles. The van der Waals surface area contributed by atoms with Crippen LogP contribution in [0.4, 0.5) is 0 Å². The summed E-state index contributed by atoms with van der Waals surface area (Å²) in [5.41, 5.74) is 1.19. The number of ether oxygens (including phenoxy) is 2. The molecule has 27 heavy (non-hydrogen) atoms. The van der Waals surface area contributed by atoms with Crippen molar-refractivity contribution in [1.29, 1.82) is 0 Å². The van der Waals surface area contributed by atoms with Gasteiger partial charge in [-0.25, -0.2) is 0 Å². The van der Waals surface area contributed by atoms with Crippen molar-refractivity contribution < 1.29 is 9.47 Å². The predicted molar refractivity (Wildman–Crippen MR) is 111 cm³/mol. The zero-order valence-corrected chi connectivity index (χ0v) is 16.6. The number of aliphatic imine (C=N–C) groups is 1. The Hall–Kier alpha value is -2.73. The summed E-state index contributed by atoms with van der Waals surface area (Å²) in [7, 11) is 7.58. The second-order valence-electron chi connectivity index (χ2n) is 6.30. The van der Waals surface area contributed by atoms with Crippen LogP contribution < -0.4 is 20.1 Å². The molecule has 2 rings (SSSR count). The smallest absolute Gasteiger partial charge is 0.191 e. The van der Waals surface area contributed by atoms with Crippen molar-refractivity contribution in [1.82, 2.24) is 15.5 Å². The molecular formula is C21H30N4O2. The molecule has 0 aliphatic carbocycles. The Balaban J connectivity index is 1.83. The van der Waals surface area contributed by atoms with Gasteiger partial charge in [0.2, 0.25) is 0 Å². The molecule has 2 aromatic rings. The molecule has 0 bridgehead atoms. The first-order valence-corrected chi connectivity index (χ1v) is 9.06. The Morgan fingerprint density at radius 2 is 1.78 bits per heavy atom. The number of rotatable bonds is 9. The second kappa shape index (κ2) is 11.1. The fraction of sp³-hybridized carbons (Fsp3) is 0.381. The molecule has 2 aromatic carbocycles. The van der Waals surface area contributed by atoms with E-state index < -0.39 is 0 Å². The van der Waals surface area contributed by atoms with Gasteiger partial charge in [-0.2, -0.15) is 0 Å². The third-order valence-electron chi connectivity index (χ3n) is 4.19. The molecular weight excluding hydrogens is 340 g/mol. The summed E-state index contributed by atoms with van der Waals surface area (Å²) in [6, 6.07) is 18.1. The van der Waals surface area contributed by atoms with Crippen LogP contribution in [0.2, 0.25) is 0 Å². The largest absolute Gasteiger partial charge is 0.497 e. The van der Waals surface area contributed by atoms with Gasteiger partial charge in [-0.1, -0.05) is 30.3 Å². The van der Waals surface area contributed by atoms with Crippen LogP contribution in [0, 0.1) is 0 Å². The number of nitrogens with zero attached hydrogens (tertiary/aromatic N) is 2. The van der Waals surface area contributed by atoms with Crippen LogP contribution in [0.3, 0.4) is 0 Å². The standard InChI is InChI=1S/C21H30N4O2/c1-22-21(23-13-14-27-18-10-6-5-7-11-18)24-16-20(25(2)3)17-9-8-12-19(15-17)26-4/h5-12,15,20H,13-14,16H2,1-4H3,(H2,22,23,24). The van der Waals surface area contributed by atoms with Crippen molar-refractivity contribution >= 4 is 5.96 Å². The van der Waals surface area contributed by atoms with E-state index in [1.54, 1.807) is 14.2 Å². The normalized spacial score (nSPS) is 12.6. The molecule has 0 aliphatic rings. The number of hydrogen-bond donors (Lipinski definition) is 2. The molecule has 2 N–H and O–H groups in total. The van der Waals surface area contributed by atoms with Crippen molar-refractivity contribution in [2.24, 2.45) is 4.99 Å². The van der Waals surface area contributed by atoms with E-state index in [0.29, 0.717) is 13.2 Å². The summed E-state index contributed by atoms with van der Waals surface area (Å²) in [4.78, 5) is 6.46. The molecule has 0 aromatic heterocycles. The van der Waals surface area contributed by atoms with Crippen LogP contribution in [0.1, 0.15) is 11.6 Å². The van der Waals surface area contributed by atoms with E-state index in [-0.39, 0.29) is 6.04 Å².